The minimum Gasteiger partial charge on any atom is -0.350 e. The number of carbonyl (C=O) groups is 2. The Morgan fingerprint density at radius 3 is 2.75 bits per heavy atom. The van der Waals surface area contributed by atoms with Crippen LogP contribution in [0.2, 0.25) is 5.28 Å². The molecule has 1 saturated carbocycles. The van der Waals surface area contributed by atoms with Gasteiger partial charge in [-0.2, -0.15) is 4.98 Å². The third kappa shape index (κ3) is 6.26. The van der Waals surface area contributed by atoms with E-state index < -0.39 is 11.7 Å². The molecule has 1 aliphatic heterocycles. The minimum atomic E-state index is -0.602. The normalized spacial score (nSPS) is 20.9. The largest absolute Gasteiger partial charge is 0.350 e. The lowest BCUT2D eigenvalue weighted by molar-refractivity contribution is -0.155. The van der Waals surface area contributed by atoms with Gasteiger partial charge in [0.25, 0.3) is 0 Å². The maximum absolute atomic E-state index is 15.3. The molecule has 2 N–H and O–H groups in total. The summed E-state index contributed by atoms with van der Waals surface area (Å²) in [6.07, 6.45) is 5.13. The zero-order valence-corrected chi connectivity index (χ0v) is 19.4. The number of anilines is 1. The number of hydrogen-bond acceptors (Lipinski definition) is 7. The molecule has 0 bridgehead atoms. The van der Waals surface area contributed by atoms with Crippen molar-refractivity contribution in [1.82, 2.24) is 25.2 Å². The van der Waals surface area contributed by atoms with Crippen LogP contribution in [0.4, 0.5) is 10.2 Å². The molecule has 0 spiro atoms. The average Bonchev–Trinajstić information content (AvgIpc) is 3.26. The van der Waals surface area contributed by atoms with E-state index in [1.165, 1.54) is 0 Å². The fraction of sp³-hybridized carbons (Fsp3) is 0.714. The molecule has 1 aliphatic carbocycles. The van der Waals surface area contributed by atoms with Crippen molar-refractivity contribution in [3.05, 3.63) is 16.8 Å². The van der Waals surface area contributed by atoms with Gasteiger partial charge in [-0.05, 0) is 37.9 Å². The highest BCUT2D eigenvalue weighted by Crippen LogP contribution is 2.31. The molecule has 2 amide bonds. The first kappa shape index (κ1) is 24.6. The summed E-state index contributed by atoms with van der Waals surface area (Å²) in [6.45, 7) is 3.88. The van der Waals surface area contributed by atoms with Crippen LogP contribution >= 0.6 is 11.6 Å². The predicted molar refractivity (Wildman–Crippen MR) is 118 cm³/mol. The number of likely N-dealkylation sites (N-methyl/N-ethyl adjacent to an activating group) is 1. The molecule has 2 heterocycles. The first-order valence-corrected chi connectivity index (χ1v) is 11.5. The Labute approximate surface area is 192 Å². The number of rotatable bonds is 9. The highest BCUT2D eigenvalue weighted by atomic mass is 35.5. The molecule has 2 fully saturated rings. The minimum absolute atomic E-state index is 0.00957. The van der Waals surface area contributed by atoms with Gasteiger partial charge in [-0.3, -0.25) is 14.8 Å². The number of aromatic nitrogens is 2. The maximum Gasteiger partial charge on any atom is 0.233 e. The summed E-state index contributed by atoms with van der Waals surface area (Å²) in [5.74, 6) is -1.04. The molecule has 11 heteroatoms. The third-order valence-corrected chi connectivity index (χ3v) is 6.57. The highest BCUT2D eigenvalue weighted by molar-refractivity contribution is 6.28. The van der Waals surface area contributed by atoms with Gasteiger partial charge in [-0.25, -0.2) is 14.4 Å². The first-order chi connectivity index (χ1) is 15.3. The van der Waals surface area contributed by atoms with Crippen LogP contribution in [-0.4, -0.2) is 76.7 Å². The molecule has 2 atom stereocenters. The van der Waals surface area contributed by atoms with Crippen molar-refractivity contribution >= 4 is 29.7 Å². The Hall–Kier alpha value is -2.04. The summed E-state index contributed by atoms with van der Waals surface area (Å²) in [5.41, 5.74) is 0.00957. The predicted octanol–water partition coefficient (Wildman–Crippen LogP) is 2.07. The van der Waals surface area contributed by atoms with Crippen molar-refractivity contribution in [3.8, 4) is 0 Å². The number of amides is 2. The molecule has 0 radical (unpaired) electrons. The first-order valence-electron chi connectivity index (χ1n) is 11.1. The number of nitrogens with zero attached hydrogens (tertiary/aromatic N) is 5. The Balaban J connectivity index is 1.70. The van der Waals surface area contributed by atoms with Gasteiger partial charge in [0.1, 0.15) is 5.69 Å². The molecule has 1 aromatic rings. The summed E-state index contributed by atoms with van der Waals surface area (Å²) in [4.78, 5) is 35.8. The van der Waals surface area contributed by atoms with Crippen molar-refractivity contribution in [3.63, 3.8) is 0 Å². The molecular weight excluding hydrogens is 439 g/mol. The maximum atomic E-state index is 15.3. The lowest BCUT2D eigenvalue weighted by Gasteiger charge is -2.39. The molecule has 2 aliphatic rings. The van der Waals surface area contributed by atoms with E-state index in [-0.39, 0.29) is 48.2 Å². The van der Waals surface area contributed by atoms with Gasteiger partial charge < -0.3 is 15.1 Å². The number of hydrogen-bond donors (Lipinski definition) is 2. The van der Waals surface area contributed by atoms with E-state index in [9.17, 15) is 14.8 Å². The van der Waals surface area contributed by atoms with Crippen molar-refractivity contribution < 1.29 is 19.2 Å². The van der Waals surface area contributed by atoms with Crippen LogP contribution in [-0.2, 0) is 16.1 Å². The molecule has 0 unspecified atom stereocenters. The molecule has 1 aromatic heterocycles. The van der Waals surface area contributed by atoms with Gasteiger partial charge >= 0.3 is 0 Å². The van der Waals surface area contributed by atoms with Crippen LogP contribution in [0.1, 0.15) is 44.7 Å². The Morgan fingerprint density at radius 1 is 1.38 bits per heavy atom. The van der Waals surface area contributed by atoms with E-state index in [1.807, 2.05) is 18.9 Å². The molecule has 3 rings (SSSR count). The van der Waals surface area contributed by atoms with Crippen molar-refractivity contribution in [2.24, 2.45) is 11.8 Å². The second-order valence-electron chi connectivity index (χ2n) is 8.91. The molecule has 178 valence electrons. The van der Waals surface area contributed by atoms with Crippen molar-refractivity contribution in [2.75, 3.05) is 38.1 Å². The zero-order chi connectivity index (χ0) is 23.3. The highest BCUT2D eigenvalue weighted by Gasteiger charge is 2.29. The number of halogens is 2. The van der Waals surface area contributed by atoms with Crippen LogP contribution in [0.3, 0.4) is 0 Å². The molecule has 32 heavy (non-hydrogen) atoms. The van der Waals surface area contributed by atoms with E-state index in [0.29, 0.717) is 23.9 Å². The Bertz CT molecular complexity index is 810. The number of carbonyl (C=O) groups excluding carboxylic acids is 2. The summed E-state index contributed by atoms with van der Waals surface area (Å²) in [6, 6.07) is 0.0475. The second-order valence-corrected chi connectivity index (χ2v) is 9.25. The molecular formula is C21H32ClFN6O3. The van der Waals surface area contributed by atoms with Gasteiger partial charge in [-0.15, -0.1) is 0 Å². The molecule has 0 aromatic carbocycles. The fourth-order valence-electron chi connectivity index (χ4n) is 4.71. The summed E-state index contributed by atoms with van der Waals surface area (Å²) in [5, 5.41) is 12.7. The van der Waals surface area contributed by atoms with Crippen molar-refractivity contribution in [2.45, 2.75) is 51.6 Å². The molecule has 1 saturated heterocycles. The lowest BCUT2D eigenvalue weighted by atomic mass is 9.92. The third-order valence-electron chi connectivity index (χ3n) is 6.40. The number of hydroxylamine groups is 2. The number of piperazine rings is 1. The Kier molecular flexibility index (Phi) is 8.61. The average molecular weight is 471 g/mol. The monoisotopic (exact) mass is 470 g/mol. The van der Waals surface area contributed by atoms with Gasteiger partial charge in [0, 0.05) is 25.7 Å². The summed E-state index contributed by atoms with van der Waals surface area (Å²) in [7, 11) is 2.01. The summed E-state index contributed by atoms with van der Waals surface area (Å²) < 4.78 is 15.3. The van der Waals surface area contributed by atoms with Gasteiger partial charge in [0.2, 0.25) is 17.6 Å². The van der Waals surface area contributed by atoms with Crippen LogP contribution in [0.5, 0.6) is 0 Å². The van der Waals surface area contributed by atoms with E-state index in [1.54, 1.807) is 0 Å². The number of nitrogens with one attached hydrogen (secondary N) is 1. The van der Waals surface area contributed by atoms with Crippen LogP contribution in [0.25, 0.3) is 0 Å². The summed E-state index contributed by atoms with van der Waals surface area (Å²) >= 11 is 6.08. The van der Waals surface area contributed by atoms with Crippen LogP contribution < -0.4 is 10.2 Å². The fourth-order valence-corrected chi connectivity index (χ4v) is 4.89. The van der Waals surface area contributed by atoms with E-state index >= 15 is 4.39 Å². The Morgan fingerprint density at radius 2 is 2.09 bits per heavy atom. The lowest BCUT2D eigenvalue weighted by Crippen LogP contribution is -2.51. The van der Waals surface area contributed by atoms with E-state index in [0.717, 1.165) is 38.8 Å². The topological polar surface area (TPSA) is 102 Å². The SMILES string of the molecule is C[C@H]1CN(C)CCN1c1nc(Cl)nc(CNC(=O)[C@H](CC2CCCC2)CN(O)C=O)c1F. The zero-order valence-electron chi connectivity index (χ0n) is 18.6. The second kappa shape index (κ2) is 11.2. The van der Waals surface area contributed by atoms with E-state index in [2.05, 4.69) is 20.2 Å². The van der Waals surface area contributed by atoms with E-state index in [4.69, 9.17) is 11.6 Å². The van der Waals surface area contributed by atoms with Gasteiger partial charge in [0.05, 0.1) is 19.0 Å². The quantitative estimate of drug-likeness (QED) is 0.246. The van der Waals surface area contributed by atoms with Crippen LogP contribution in [0, 0.1) is 17.7 Å². The van der Waals surface area contributed by atoms with Crippen molar-refractivity contribution in [1.29, 1.82) is 0 Å². The van der Waals surface area contributed by atoms with Gasteiger partial charge in [-0.1, -0.05) is 25.7 Å². The smallest absolute Gasteiger partial charge is 0.233 e. The van der Waals surface area contributed by atoms with Gasteiger partial charge in [0.15, 0.2) is 11.6 Å². The van der Waals surface area contributed by atoms with Crippen LogP contribution in [0.15, 0.2) is 0 Å². The standard InChI is InChI=1S/C21H32ClFN6O3/c1-14-11-27(2)7-8-29(14)19-18(23)17(25-21(22)26-19)10-24-20(31)16(12-28(32)13-30)9-15-5-3-4-6-15/h13-16,32H,3-12H2,1-2H3,(H,24,31)/t14-,16+/m0/s1. The molecule has 9 nitrogen and oxygen atoms in total.